The third-order valence-electron chi connectivity index (χ3n) is 4.04. The van der Waals surface area contributed by atoms with E-state index in [2.05, 4.69) is 38.2 Å². The van der Waals surface area contributed by atoms with Gasteiger partial charge in [-0.05, 0) is 57.2 Å². The molecule has 3 heteroatoms. The number of nitrogens with zero attached hydrogens (tertiary/aromatic N) is 1. The molecule has 19 heavy (non-hydrogen) atoms. The normalized spacial score (nSPS) is 23.2. The zero-order chi connectivity index (χ0) is 13.8. The largest absolute Gasteiger partial charge is 0.322 e. The third-order valence-corrected chi connectivity index (χ3v) is 4.04. The van der Waals surface area contributed by atoms with Crippen molar-refractivity contribution in [3.8, 4) is 0 Å². The van der Waals surface area contributed by atoms with Gasteiger partial charge in [0.05, 0.1) is 0 Å². The van der Waals surface area contributed by atoms with Crippen molar-refractivity contribution >= 4 is 11.7 Å². The van der Waals surface area contributed by atoms with Crippen molar-refractivity contribution in [1.82, 2.24) is 4.90 Å². The van der Waals surface area contributed by atoms with Gasteiger partial charge in [-0.1, -0.05) is 19.1 Å². The molecule has 0 aliphatic carbocycles. The maximum absolute atomic E-state index is 12.4. The molecular formula is C16H24N2O. The molecule has 1 saturated heterocycles. The Morgan fingerprint density at radius 1 is 1.21 bits per heavy atom. The number of piperidine rings is 1. The van der Waals surface area contributed by atoms with Crippen molar-refractivity contribution in [3.05, 3.63) is 29.8 Å². The van der Waals surface area contributed by atoms with Crippen molar-refractivity contribution in [2.45, 2.75) is 58.5 Å². The lowest BCUT2D eigenvalue weighted by atomic mass is 9.98. The van der Waals surface area contributed by atoms with Gasteiger partial charge >= 0.3 is 6.03 Å². The van der Waals surface area contributed by atoms with Gasteiger partial charge in [-0.15, -0.1) is 0 Å². The molecule has 1 aromatic carbocycles. The Bertz CT molecular complexity index is 417. The van der Waals surface area contributed by atoms with Gasteiger partial charge in [-0.3, -0.25) is 0 Å². The topological polar surface area (TPSA) is 32.3 Å². The fraction of sp³-hybridized carbons (Fsp3) is 0.562. The van der Waals surface area contributed by atoms with Crippen LogP contribution in [0.4, 0.5) is 10.5 Å². The number of likely N-dealkylation sites (tertiary alicyclic amines) is 1. The lowest BCUT2D eigenvalue weighted by molar-refractivity contribution is 0.133. The van der Waals surface area contributed by atoms with Crippen LogP contribution in [0.25, 0.3) is 0 Å². The second kappa shape index (κ2) is 6.09. The van der Waals surface area contributed by atoms with Crippen molar-refractivity contribution in [2.75, 3.05) is 5.32 Å². The first-order valence-corrected chi connectivity index (χ1v) is 7.30. The maximum atomic E-state index is 12.4. The van der Waals surface area contributed by atoms with Gasteiger partial charge in [0.25, 0.3) is 0 Å². The lowest BCUT2D eigenvalue weighted by Gasteiger charge is -2.38. The highest BCUT2D eigenvalue weighted by Crippen LogP contribution is 2.23. The fourth-order valence-electron chi connectivity index (χ4n) is 2.83. The van der Waals surface area contributed by atoms with E-state index in [0.717, 1.165) is 24.9 Å². The highest BCUT2D eigenvalue weighted by Gasteiger charge is 2.28. The molecular weight excluding hydrogens is 236 g/mol. The minimum atomic E-state index is 0.0314. The standard InChI is InChI=1S/C16H24N2O/c1-4-14-8-10-15(11-9-14)17-16(19)18-12(2)6-5-7-13(18)3/h8-13H,4-7H2,1-3H3,(H,17,19). The summed E-state index contributed by atoms with van der Waals surface area (Å²) >= 11 is 0. The smallest absolute Gasteiger partial charge is 0.319 e. The van der Waals surface area contributed by atoms with E-state index in [0.29, 0.717) is 12.1 Å². The molecule has 1 aromatic rings. The molecule has 1 aliphatic rings. The second-order valence-corrected chi connectivity index (χ2v) is 5.52. The van der Waals surface area contributed by atoms with Crippen LogP contribution in [0.5, 0.6) is 0 Å². The number of rotatable bonds is 2. The number of hydrogen-bond acceptors (Lipinski definition) is 1. The van der Waals surface area contributed by atoms with Crippen molar-refractivity contribution in [3.63, 3.8) is 0 Å². The summed E-state index contributed by atoms with van der Waals surface area (Å²) in [6.07, 6.45) is 4.45. The predicted octanol–water partition coefficient (Wildman–Crippen LogP) is 4.04. The first kappa shape index (κ1) is 13.9. The van der Waals surface area contributed by atoms with Crippen LogP contribution in [0.3, 0.4) is 0 Å². The van der Waals surface area contributed by atoms with E-state index < -0.39 is 0 Å². The number of anilines is 1. The zero-order valence-electron chi connectivity index (χ0n) is 12.1. The summed E-state index contributed by atoms with van der Waals surface area (Å²) in [5.74, 6) is 0. The SMILES string of the molecule is CCc1ccc(NC(=O)N2C(C)CCCC2C)cc1. The van der Waals surface area contributed by atoms with Gasteiger partial charge in [-0.25, -0.2) is 4.79 Å². The average Bonchev–Trinajstić information content (AvgIpc) is 2.39. The van der Waals surface area contributed by atoms with Crippen LogP contribution in [0.15, 0.2) is 24.3 Å². The maximum Gasteiger partial charge on any atom is 0.322 e. The summed E-state index contributed by atoms with van der Waals surface area (Å²) in [6.45, 7) is 6.40. The van der Waals surface area contributed by atoms with Crippen molar-refractivity contribution in [1.29, 1.82) is 0 Å². The second-order valence-electron chi connectivity index (χ2n) is 5.52. The molecule has 1 fully saturated rings. The first-order valence-electron chi connectivity index (χ1n) is 7.30. The Kier molecular flexibility index (Phi) is 4.46. The van der Waals surface area contributed by atoms with Crippen LogP contribution >= 0.6 is 0 Å². The molecule has 0 radical (unpaired) electrons. The fourth-order valence-corrected chi connectivity index (χ4v) is 2.83. The van der Waals surface area contributed by atoms with Crippen LogP contribution < -0.4 is 5.32 Å². The highest BCUT2D eigenvalue weighted by molar-refractivity contribution is 5.89. The van der Waals surface area contributed by atoms with Gasteiger partial charge in [0.1, 0.15) is 0 Å². The molecule has 0 aromatic heterocycles. The van der Waals surface area contributed by atoms with Gasteiger partial charge in [0, 0.05) is 17.8 Å². The van der Waals surface area contributed by atoms with E-state index in [1.165, 1.54) is 12.0 Å². The molecule has 0 bridgehead atoms. The minimum Gasteiger partial charge on any atom is -0.319 e. The van der Waals surface area contributed by atoms with E-state index in [4.69, 9.17) is 0 Å². The Labute approximate surface area is 116 Å². The van der Waals surface area contributed by atoms with Crippen LogP contribution in [0, 0.1) is 0 Å². The Morgan fingerprint density at radius 2 is 1.79 bits per heavy atom. The number of benzene rings is 1. The van der Waals surface area contributed by atoms with E-state index in [9.17, 15) is 4.79 Å². The molecule has 2 unspecified atom stereocenters. The number of nitrogens with one attached hydrogen (secondary N) is 1. The Balaban J connectivity index is 2.02. The van der Waals surface area contributed by atoms with Crippen molar-refractivity contribution < 1.29 is 4.79 Å². The third kappa shape index (κ3) is 3.28. The number of hydrogen-bond donors (Lipinski definition) is 1. The number of carbonyl (C=O) groups excluding carboxylic acids is 1. The summed E-state index contributed by atoms with van der Waals surface area (Å²) < 4.78 is 0. The van der Waals surface area contributed by atoms with Crippen molar-refractivity contribution in [2.24, 2.45) is 0 Å². The molecule has 2 amide bonds. The monoisotopic (exact) mass is 260 g/mol. The molecule has 104 valence electrons. The van der Waals surface area contributed by atoms with Gasteiger partial charge in [0.2, 0.25) is 0 Å². The number of amides is 2. The van der Waals surface area contributed by atoms with Gasteiger partial charge in [0.15, 0.2) is 0 Å². The minimum absolute atomic E-state index is 0.0314. The molecule has 0 spiro atoms. The summed E-state index contributed by atoms with van der Waals surface area (Å²) in [6, 6.07) is 8.80. The molecule has 2 rings (SSSR count). The molecule has 2 atom stereocenters. The summed E-state index contributed by atoms with van der Waals surface area (Å²) in [5, 5.41) is 3.01. The summed E-state index contributed by atoms with van der Waals surface area (Å²) in [5.41, 5.74) is 2.17. The molecule has 0 saturated carbocycles. The van der Waals surface area contributed by atoms with Crippen LogP contribution in [-0.4, -0.2) is 23.0 Å². The number of urea groups is 1. The van der Waals surface area contributed by atoms with Gasteiger partial charge in [-0.2, -0.15) is 0 Å². The number of aryl methyl sites for hydroxylation is 1. The highest BCUT2D eigenvalue weighted by atomic mass is 16.2. The van der Waals surface area contributed by atoms with Crippen LogP contribution in [0.1, 0.15) is 45.6 Å². The van der Waals surface area contributed by atoms with E-state index in [-0.39, 0.29) is 6.03 Å². The van der Waals surface area contributed by atoms with Crippen LogP contribution in [-0.2, 0) is 6.42 Å². The summed E-state index contributed by atoms with van der Waals surface area (Å²) in [7, 11) is 0. The number of carbonyl (C=O) groups is 1. The van der Waals surface area contributed by atoms with Gasteiger partial charge < -0.3 is 10.2 Å². The summed E-state index contributed by atoms with van der Waals surface area (Å²) in [4.78, 5) is 14.3. The quantitative estimate of drug-likeness (QED) is 0.855. The molecule has 1 N–H and O–H groups in total. The predicted molar refractivity (Wildman–Crippen MR) is 79.5 cm³/mol. The van der Waals surface area contributed by atoms with E-state index in [1.807, 2.05) is 17.0 Å². The average molecular weight is 260 g/mol. The molecule has 3 nitrogen and oxygen atoms in total. The van der Waals surface area contributed by atoms with E-state index >= 15 is 0 Å². The Hall–Kier alpha value is -1.51. The first-order chi connectivity index (χ1) is 9.11. The lowest BCUT2D eigenvalue weighted by Crippen LogP contribution is -2.49. The van der Waals surface area contributed by atoms with Crippen LogP contribution in [0.2, 0.25) is 0 Å². The van der Waals surface area contributed by atoms with E-state index in [1.54, 1.807) is 0 Å². The molecule has 1 heterocycles. The Morgan fingerprint density at radius 3 is 2.32 bits per heavy atom. The molecule has 1 aliphatic heterocycles. The zero-order valence-corrected chi connectivity index (χ0v) is 12.1.